The van der Waals surface area contributed by atoms with Gasteiger partial charge in [-0.15, -0.1) is 0 Å². The summed E-state index contributed by atoms with van der Waals surface area (Å²) in [7, 11) is 0. The van der Waals surface area contributed by atoms with E-state index in [4.69, 9.17) is 0 Å². The number of hydrogen-bond donors (Lipinski definition) is 1. The lowest BCUT2D eigenvalue weighted by atomic mass is 10.1. The molecule has 1 N–H and O–H groups in total. The van der Waals surface area contributed by atoms with E-state index in [1.165, 1.54) is 5.56 Å². The van der Waals surface area contributed by atoms with Gasteiger partial charge in [-0.25, -0.2) is 4.98 Å². The molecular formula is C17H19N3O. The van der Waals surface area contributed by atoms with E-state index < -0.39 is 0 Å². The lowest BCUT2D eigenvalue weighted by Gasteiger charge is -2.40. The number of carbonyl (C=O) groups is 1. The fourth-order valence-corrected chi connectivity index (χ4v) is 2.50. The average molecular weight is 281 g/mol. The number of amides is 1. The standard InChI is InChI=1S/C17H19N3O/c21-17(10-9-14-6-2-1-3-7-14)19-15-12-20(13-15)16-8-4-5-11-18-16/h1-8,11,15H,9-10,12-13H2,(H,19,21). The van der Waals surface area contributed by atoms with Crippen molar-refractivity contribution >= 4 is 11.7 Å². The molecule has 1 aromatic carbocycles. The van der Waals surface area contributed by atoms with Crippen molar-refractivity contribution in [2.75, 3.05) is 18.0 Å². The minimum Gasteiger partial charge on any atom is -0.352 e. The van der Waals surface area contributed by atoms with E-state index in [1.54, 1.807) is 6.20 Å². The molecule has 2 aromatic rings. The molecule has 1 aliphatic rings. The normalized spacial score (nSPS) is 14.6. The lowest BCUT2D eigenvalue weighted by Crippen LogP contribution is -2.59. The highest BCUT2D eigenvalue weighted by Gasteiger charge is 2.28. The number of aromatic nitrogens is 1. The van der Waals surface area contributed by atoms with Gasteiger partial charge in [-0.3, -0.25) is 4.79 Å². The highest BCUT2D eigenvalue weighted by molar-refractivity contribution is 5.77. The first-order chi connectivity index (χ1) is 10.3. The van der Waals surface area contributed by atoms with Crippen molar-refractivity contribution in [3.8, 4) is 0 Å². The van der Waals surface area contributed by atoms with Gasteiger partial charge >= 0.3 is 0 Å². The van der Waals surface area contributed by atoms with E-state index in [9.17, 15) is 4.79 Å². The maximum Gasteiger partial charge on any atom is 0.220 e. The Labute approximate surface area is 124 Å². The number of carbonyl (C=O) groups excluding carboxylic acids is 1. The van der Waals surface area contributed by atoms with Crippen LogP contribution in [0, 0.1) is 0 Å². The third-order valence-electron chi connectivity index (χ3n) is 3.70. The smallest absolute Gasteiger partial charge is 0.220 e. The van der Waals surface area contributed by atoms with Crippen molar-refractivity contribution in [3.05, 3.63) is 60.3 Å². The van der Waals surface area contributed by atoms with Crippen LogP contribution < -0.4 is 10.2 Å². The highest BCUT2D eigenvalue weighted by atomic mass is 16.1. The minimum atomic E-state index is 0.129. The van der Waals surface area contributed by atoms with Gasteiger partial charge in [0.15, 0.2) is 0 Å². The van der Waals surface area contributed by atoms with E-state index in [0.717, 1.165) is 25.3 Å². The Morgan fingerprint density at radius 1 is 1.14 bits per heavy atom. The number of aryl methyl sites for hydroxylation is 1. The van der Waals surface area contributed by atoms with Gasteiger partial charge < -0.3 is 10.2 Å². The third-order valence-corrected chi connectivity index (χ3v) is 3.70. The molecule has 2 heterocycles. The summed E-state index contributed by atoms with van der Waals surface area (Å²) in [6.45, 7) is 1.68. The van der Waals surface area contributed by atoms with Crippen LogP contribution in [0.3, 0.4) is 0 Å². The van der Waals surface area contributed by atoms with Crippen molar-refractivity contribution in [2.45, 2.75) is 18.9 Å². The number of benzene rings is 1. The molecule has 1 fully saturated rings. The molecule has 0 aliphatic carbocycles. The second-order valence-corrected chi connectivity index (χ2v) is 5.34. The second kappa shape index (κ2) is 6.39. The SMILES string of the molecule is O=C(CCc1ccccc1)NC1CN(c2ccccn2)C1. The van der Waals surface area contributed by atoms with Crippen LogP contribution in [0.15, 0.2) is 54.7 Å². The Balaban J connectivity index is 1.39. The maximum absolute atomic E-state index is 11.9. The predicted molar refractivity (Wildman–Crippen MR) is 83.1 cm³/mol. The van der Waals surface area contributed by atoms with Crippen LogP contribution in [0.2, 0.25) is 0 Å². The first-order valence-electron chi connectivity index (χ1n) is 7.30. The van der Waals surface area contributed by atoms with E-state index in [0.29, 0.717) is 6.42 Å². The molecule has 0 atom stereocenters. The summed E-state index contributed by atoms with van der Waals surface area (Å²) in [5.74, 6) is 1.11. The Morgan fingerprint density at radius 2 is 1.90 bits per heavy atom. The van der Waals surface area contributed by atoms with E-state index in [2.05, 4.69) is 27.3 Å². The fraction of sp³-hybridized carbons (Fsp3) is 0.294. The van der Waals surface area contributed by atoms with Gasteiger partial charge in [-0.2, -0.15) is 0 Å². The molecule has 4 nitrogen and oxygen atoms in total. The zero-order valence-corrected chi connectivity index (χ0v) is 11.9. The number of nitrogens with one attached hydrogen (secondary N) is 1. The molecular weight excluding hydrogens is 262 g/mol. The molecule has 0 saturated carbocycles. The summed E-state index contributed by atoms with van der Waals surface area (Å²) in [6.07, 6.45) is 3.13. The average Bonchev–Trinajstić information content (AvgIpc) is 2.50. The van der Waals surface area contributed by atoms with Crippen molar-refractivity contribution in [3.63, 3.8) is 0 Å². The third kappa shape index (κ3) is 3.60. The number of rotatable bonds is 5. The van der Waals surface area contributed by atoms with Gasteiger partial charge in [0.05, 0.1) is 6.04 Å². The molecule has 1 saturated heterocycles. The fourth-order valence-electron chi connectivity index (χ4n) is 2.50. The van der Waals surface area contributed by atoms with E-state index in [-0.39, 0.29) is 11.9 Å². The topological polar surface area (TPSA) is 45.2 Å². The summed E-state index contributed by atoms with van der Waals surface area (Å²) < 4.78 is 0. The predicted octanol–water partition coefficient (Wildman–Crippen LogP) is 2.02. The van der Waals surface area contributed by atoms with Crippen LogP contribution in [0.1, 0.15) is 12.0 Å². The van der Waals surface area contributed by atoms with Gasteiger partial charge in [0, 0.05) is 25.7 Å². The second-order valence-electron chi connectivity index (χ2n) is 5.34. The summed E-state index contributed by atoms with van der Waals surface area (Å²) in [5, 5.41) is 3.08. The van der Waals surface area contributed by atoms with Crippen molar-refractivity contribution in [1.29, 1.82) is 0 Å². The quantitative estimate of drug-likeness (QED) is 0.912. The Kier molecular flexibility index (Phi) is 4.15. The van der Waals surface area contributed by atoms with Gasteiger partial charge in [0.2, 0.25) is 5.91 Å². The molecule has 0 bridgehead atoms. The summed E-state index contributed by atoms with van der Waals surface area (Å²) in [5.41, 5.74) is 1.20. The Morgan fingerprint density at radius 3 is 2.62 bits per heavy atom. The van der Waals surface area contributed by atoms with Crippen LogP contribution in [0.4, 0.5) is 5.82 Å². The Hall–Kier alpha value is -2.36. The largest absolute Gasteiger partial charge is 0.352 e. The Bertz CT molecular complexity index is 579. The van der Waals surface area contributed by atoms with Crippen LogP contribution in [0.25, 0.3) is 0 Å². The molecule has 108 valence electrons. The number of hydrogen-bond acceptors (Lipinski definition) is 3. The number of anilines is 1. The van der Waals surface area contributed by atoms with Crippen molar-refractivity contribution < 1.29 is 4.79 Å². The molecule has 4 heteroatoms. The van der Waals surface area contributed by atoms with Crippen LogP contribution in [0.5, 0.6) is 0 Å². The van der Waals surface area contributed by atoms with Gasteiger partial charge in [-0.1, -0.05) is 36.4 Å². The molecule has 21 heavy (non-hydrogen) atoms. The minimum absolute atomic E-state index is 0.129. The van der Waals surface area contributed by atoms with Crippen molar-refractivity contribution in [2.24, 2.45) is 0 Å². The zero-order chi connectivity index (χ0) is 14.5. The molecule has 0 spiro atoms. The molecule has 3 rings (SSSR count). The molecule has 1 amide bonds. The first kappa shape index (κ1) is 13.6. The monoisotopic (exact) mass is 281 g/mol. The van der Waals surface area contributed by atoms with E-state index in [1.807, 2.05) is 36.4 Å². The van der Waals surface area contributed by atoms with Crippen LogP contribution >= 0.6 is 0 Å². The van der Waals surface area contributed by atoms with Gasteiger partial charge in [0.25, 0.3) is 0 Å². The zero-order valence-electron chi connectivity index (χ0n) is 11.9. The van der Waals surface area contributed by atoms with Gasteiger partial charge in [-0.05, 0) is 24.1 Å². The number of pyridine rings is 1. The summed E-state index contributed by atoms with van der Waals surface area (Å²) in [4.78, 5) is 18.4. The molecule has 1 aliphatic heterocycles. The summed E-state index contributed by atoms with van der Waals surface area (Å²) >= 11 is 0. The molecule has 1 aromatic heterocycles. The first-order valence-corrected chi connectivity index (χ1v) is 7.30. The molecule has 0 radical (unpaired) electrons. The number of nitrogens with zero attached hydrogens (tertiary/aromatic N) is 2. The van der Waals surface area contributed by atoms with Crippen LogP contribution in [-0.4, -0.2) is 30.0 Å². The van der Waals surface area contributed by atoms with Gasteiger partial charge in [0.1, 0.15) is 5.82 Å². The summed E-state index contributed by atoms with van der Waals surface area (Å²) in [6, 6.07) is 16.2. The van der Waals surface area contributed by atoms with E-state index >= 15 is 0 Å². The lowest BCUT2D eigenvalue weighted by molar-refractivity contribution is -0.121. The maximum atomic E-state index is 11.9. The van der Waals surface area contributed by atoms with Crippen molar-refractivity contribution in [1.82, 2.24) is 10.3 Å². The van der Waals surface area contributed by atoms with Crippen LogP contribution in [-0.2, 0) is 11.2 Å². The highest BCUT2D eigenvalue weighted by Crippen LogP contribution is 2.17. The molecule has 0 unspecified atom stereocenters.